The van der Waals surface area contributed by atoms with Crippen molar-refractivity contribution in [2.24, 2.45) is 0 Å². The van der Waals surface area contributed by atoms with Crippen LogP contribution in [0.15, 0.2) is 61.1 Å². The summed E-state index contributed by atoms with van der Waals surface area (Å²) in [4.78, 5) is 8.97. The highest BCUT2D eigenvalue weighted by Crippen LogP contribution is 2.28. The number of nitrogen functional groups attached to an aromatic ring is 2. The summed E-state index contributed by atoms with van der Waals surface area (Å²) in [5.74, 6) is 0.544. The number of hydrogen-bond donors (Lipinski definition) is 2. The summed E-state index contributed by atoms with van der Waals surface area (Å²) < 4.78 is 1.81. The third-order valence-electron chi connectivity index (χ3n) is 3.68. The molecule has 1 aromatic carbocycles. The molecule has 6 heteroatoms. The number of rotatable bonds is 2. The number of hydrogen-bond acceptors (Lipinski definition) is 5. The van der Waals surface area contributed by atoms with Crippen LogP contribution in [0.3, 0.4) is 0 Å². The van der Waals surface area contributed by atoms with E-state index in [2.05, 4.69) is 15.1 Å². The number of fused-ring (bicyclic) bond motifs is 1. The van der Waals surface area contributed by atoms with Crippen LogP contribution < -0.4 is 11.5 Å². The summed E-state index contributed by atoms with van der Waals surface area (Å²) in [6, 6.07) is 13.1. The highest BCUT2D eigenvalue weighted by Gasteiger charge is 2.11. The SMILES string of the molecule is Nc1ccc(N)c(-c2nccc(-c3cnn4ccccc34)n2)c1. The fourth-order valence-corrected chi connectivity index (χ4v) is 2.54. The minimum Gasteiger partial charge on any atom is -0.399 e. The van der Waals surface area contributed by atoms with Crippen molar-refractivity contribution in [1.29, 1.82) is 0 Å². The molecule has 0 aliphatic rings. The van der Waals surface area contributed by atoms with E-state index in [9.17, 15) is 0 Å². The Bertz CT molecular complexity index is 1000. The standard InChI is InChI=1S/C17H14N6/c18-11-4-5-14(19)12(9-11)17-20-7-6-15(22-17)13-10-21-23-8-2-1-3-16(13)23/h1-10H,18-19H2. The normalized spacial score (nSPS) is 11.0. The van der Waals surface area contributed by atoms with Gasteiger partial charge in [-0.05, 0) is 36.4 Å². The Morgan fingerprint density at radius 3 is 2.78 bits per heavy atom. The zero-order valence-electron chi connectivity index (χ0n) is 12.2. The zero-order chi connectivity index (χ0) is 15.8. The van der Waals surface area contributed by atoms with E-state index in [1.165, 1.54) is 0 Å². The Hall–Kier alpha value is -3.41. The average Bonchev–Trinajstić information content (AvgIpc) is 3.01. The molecule has 4 aromatic rings. The van der Waals surface area contributed by atoms with Gasteiger partial charge in [0.25, 0.3) is 0 Å². The third kappa shape index (κ3) is 2.26. The van der Waals surface area contributed by atoms with Crippen molar-refractivity contribution in [3.63, 3.8) is 0 Å². The van der Waals surface area contributed by atoms with Crippen molar-refractivity contribution in [1.82, 2.24) is 19.6 Å². The van der Waals surface area contributed by atoms with Crippen LogP contribution in [-0.4, -0.2) is 19.6 Å². The highest BCUT2D eigenvalue weighted by atomic mass is 15.2. The maximum atomic E-state index is 6.03. The molecule has 3 aromatic heterocycles. The molecule has 0 amide bonds. The van der Waals surface area contributed by atoms with Gasteiger partial charge in [-0.15, -0.1) is 0 Å². The summed E-state index contributed by atoms with van der Waals surface area (Å²) in [5, 5.41) is 4.34. The van der Waals surface area contributed by atoms with Crippen molar-refractivity contribution >= 4 is 16.9 Å². The molecule has 0 saturated heterocycles. The van der Waals surface area contributed by atoms with Crippen LogP contribution in [0.1, 0.15) is 0 Å². The molecular formula is C17H14N6. The van der Waals surface area contributed by atoms with E-state index in [0.717, 1.165) is 22.3 Å². The van der Waals surface area contributed by atoms with Crippen LogP contribution in [0.25, 0.3) is 28.2 Å². The Morgan fingerprint density at radius 1 is 0.957 bits per heavy atom. The maximum Gasteiger partial charge on any atom is 0.161 e. The van der Waals surface area contributed by atoms with Crippen molar-refractivity contribution in [3.05, 3.63) is 61.1 Å². The molecule has 0 radical (unpaired) electrons. The Morgan fingerprint density at radius 2 is 1.87 bits per heavy atom. The van der Waals surface area contributed by atoms with Gasteiger partial charge in [-0.2, -0.15) is 5.10 Å². The van der Waals surface area contributed by atoms with Crippen LogP contribution in [0.5, 0.6) is 0 Å². The van der Waals surface area contributed by atoms with E-state index in [1.54, 1.807) is 30.6 Å². The van der Waals surface area contributed by atoms with Gasteiger partial charge in [0, 0.05) is 34.9 Å². The molecule has 0 unspecified atom stereocenters. The van der Waals surface area contributed by atoms with E-state index in [0.29, 0.717) is 17.2 Å². The van der Waals surface area contributed by atoms with Gasteiger partial charge < -0.3 is 11.5 Å². The van der Waals surface area contributed by atoms with E-state index < -0.39 is 0 Å². The largest absolute Gasteiger partial charge is 0.399 e. The summed E-state index contributed by atoms with van der Waals surface area (Å²) >= 11 is 0. The van der Waals surface area contributed by atoms with E-state index in [1.807, 2.05) is 35.0 Å². The minimum absolute atomic E-state index is 0.544. The van der Waals surface area contributed by atoms with E-state index in [-0.39, 0.29) is 0 Å². The average molecular weight is 302 g/mol. The van der Waals surface area contributed by atoms with Gasteiger partial charge in [-0.3, -0.25) is 0 Å². The highest BCUT2D eigenvalue weighted by molar-refractivity contribution is 5.80. The molecule has 0 saturated carbocycles. The van der Waals surface area contributed by atoms with E-state index in [4.69, 9.17) is 11.5 Å². The summed E-state index contributed by atoms with van der Waals surface area (Å²) in [5.41, 5.74) is 16.5. The maximum absolute atomic E-state index is 6.03. The second-order valence-corrected chi connectivity index (χ2v) is 5.20. The lowest BCUT2D eigenvalue weighted by molar-refractivity contribution is 0.961. The molecular weight excluding hydrogens is 288 g/mol. The lowest BCUT2D eigenvalue weighted by Crippen LogP contribution is -1.97. The number of nitrogens with zero attached hydrogens (tertiary/aromatic N) is 4. The van der Waals surface area contributed by atoms with Gasteiger partial charge in [0.2, 0.25) is 0 Å². The van der Waals surface area contributed by atoms with Crippen LogP contribution in [0.4, 0.5) is 11.4 Å². The van der Waals surface area contributed by atoms with Gasteiger partial charge >= 0.3 is 0 Å². The molecule has 4 rings (SSSR count). The molecule has 112 valence electrons. The van der Waals surface area contributed by atoms with E-state index >= 15 is 0 Å². The predicted octanol–water partition coefficient (Wildman–Crippen LogP) is 2.62. The zero-order valence-corrected chi connectivity index (χ0v) is 12.2. The van der Waals surface area contributed by atoms with Crippen molar-refractivity contribution in [2.45, 2.75) is 0 Å². The van der Waals surface area contributed by atoms with Crippen LogP contribution >= 0.6 is 0 Å². The minimum atomic E-state index is 0.544. The van der Waals surface area contributed by atoms with Crippen molar-refractivity contribution in [2.75, 3.05) is 11.5 Å². The topological polar surface area (TPSA) is 95.1 Å². The summed E-state index contributed by atoms with van der Waals surface area (Å²) in [6.45, 7) is 0. The molecule has 3 heterocycles. The first-order valence-electron chi connectivity index (χ1n) is 7.13. The monoisotopic (exact) mass is 302 g/mol. The molecule has 0 bridgehead atoms. The molecule has 0 aliphatic carbocycles. The third-order valence-corrected chi connectivity index (χ3v) is 3.68. The van der Waals surface area contributed by atoms with Crippen molar-refractivity contribution in [3.8, 4) is 22.6 Å². The Kier molecular flexibility index (Phi) is 2.94. The van der Waals surface area contributed by atoms with Gasteiger partial charge in [0.15, 0.2) is 5.82 Å². The van der Waals surface area contributed by atoms with Gasteiger partial charge in [0.1, 0.15) is 0 Å². The second-order valence-electron chi connectivity index (χ2n) is 5.20. The Labute approximate surface area is 132 Å². The van der Waals surface area contributed by atoms with Gasteiger partial charge in [-0.25, -0.2) is 14.5 Å². The number of anilines is 2. The summed E-state index contributed by atoms with van der Waals surface area (Å²) in [7, 11) is 0. The molecule has 23 heavy (non-hydrogen) atoms. The first-order valence-corrected chi connectivity index (χ1v) is 7.13. The van der Waals surface area contributed by atoms with Crippen LogP contribution in [0.2, 0.25) is 0 Å². The van der Waals surface area contributed by atoms with Gasteiger partial charge in [-0.1, -0.05) is 6.07 Å². The fraction of sp³-hybridized carbons (Fsp3) is 0. The molecule has 4 N–H and O–H groups in total. The quantitative estimate of drug-likeness (QED) is 0.555. The fourth-order valence-electron chi connectivity index (χ4n) is 2.54. The number of aromatic nitrogens is 4. The van der Waals surface area contributed by atoms with Crippen LogP contribution in [0, 0.1) is 0 Å². The number of nitrogens with two attached hydrogens (primary N) is 2. The van der Waals surface area contributed by atoms with Gasteiger partial charge in [0.05, 0.1) is 17.4 Å². The number of pyridine rings is 1. The summed E-state index contributed by atoms with van der Waals surface area (Å²) in [6.07, 6.45) is 5.41. The van der Waals surface area contributed by atoms with Crippen LogP contribution in [-0.2, 0) is 0 Å². The van der Waals surface area contributed by atoms with Crippen molar-refractivity contribution < 1.29 is 0 Å². The molecule has 0 fully saturated rings. The molecule has 6 nitrogen and oxygen atoms in total. The lowest BCUT2D eigenvalue weighted by atomic mass is 10.1. The molecule has 0 spiro atoms. The molecule has 0 atom stereocenters. The smallest absolute Gasteiger partial charge is 0.161 e. The second kappa shape index (κ2) is 5.10. The first-order chi connectivity index (χ1) is 11.2. The Balaban J connectivity index is 1.88. The lowest BCUT2D eigenvalue weighted by Gasteiger charge is -2.07. The predicted molar refractivity (Wildman–Crippen MR) is 90.5 cm³/mol. The number of benzene rings is 1. The first kappa shape index (κ1) is 13.3. The molecule has 0 aliphatic heterocycles.